The molecule has 0 amide bonds. The molecule has 4 heteroatoms. The van der Waals surface area contributed by atoms with Crippen molar-refractivity contribution >= 4 is 15.9 Å². The summed E-state index contributed by atoms with van der Waals surface area (Å²) in [5, 5.41) is 12.8. The number of ether oxygens (including phenoxy) is 1. The molecule has 0 aliphatic heterocycles. The minimum Gasteiger partial charge on any atom is -0.496 e. The molecular formula is C14H22BrNO2. The Bertz CT molecular complexity index is 382. The average molecular weight is 316 g/mol. The molecule has 0 spiro atoms. The van der Waals surface area contributed by atoms with Crippen molar-refractivity contribution < 1.29 is 9.84 Å². The van der Waals surface area contributed by atoms with Crippen LogP contribution < -0.4 is 10.1 Å². The smallest absolute Gasteiger partial charge is 0.133 e. The van der Waals surface area contributed by atoms with Crippen LogP contribution in [0.5, 0.6) is 5.75 Å². The Hall–Kier alpha value is -0.580. The van der Waals surface area contributed by atoms with Crippen LogP contribution in [0.1, 0.15) is 25.5 Å². The maximum absolute atomic E-state index is 9.55. The lowest BCUT2D eigenvalue weighted by Gasteiger charge is -2.29. The van der Waals surface area contributed by atoms with Crippen molar-refractivity contribution in [2.45, 2.75) is 19.9 Å². The molecule has 0 aromatic heterocycles. The number of rotatable bonds is 6. The Morgan fingerprint density at radius 2 is 2.06 bits per heavy atom. The quantitative estimate of drug-likeness (QED) is 0.848. The molecule has 0 aliphatic rings. The third-order valence-electron chi connectivity index (χ3n) is 3.34. The van der Waals surface area contributed by atoms with Gasteiger partial charge in [0.05, 0.1) is 11.6 Å². The Balaban J connectivity index is 3.05. The zero-order valence-electron chi connectivity index (χ0n) is 11.4. The molecule has 2 unspecified atom stereocenters. The fraction of sp³-hybridized carbons (Fsp3) is 0.571. The van der Waals surface area contributed by atoms with Gasteiger partial charge in [-0.15, -0.1) is 0 Å². The van der Waals surface area contributed by atoms with Gasteiger partial charge in [0.2, 0.25) is 0 Å². The number of hydrogen-bond acceptors (Lipinski definition) is 3. The minimum absolute atomic E-state index is 0.136. The van der Waals surface area contributed by atoms with Gasteiger partial charge in [0, 0.05) is 18.6 Å². The van der Waals surface area contributed by atoms with E-state index in [4.69, 9.17) is 4.74 Å². The molecule has 0 aliphatic carbocycles. The predicted molar refractivity (Wildman–Crippen MR) is 77.9 cm³/mol. The maximum Gasteiger partial charge on any atom is 0.133 e. The van der Waals surface area contributed by atoms with Crippen molar-refractivity contribution in [3.63, 3.8) is 0 Å². The van der Waals surface area contributed by atoms with Gasteiger partial charge in [-0.05, 0) is 46.6 Å². The highest BCUT2D eigenvalue weighted by Gasteiger charge is 2.24. The van der Waals surface area contributed by atoms with Crippen LogP contribution in [-0.2, 0) is 0 Å². The lowest BCUT2D eigenvalue weighted by atomic mass is 9.85. The molecule has 102 valence electrons. The zero-order valence-corrected chi connectivity index (χ0v) is 13.0. The normalized spacial score (nSPS) is 14.6. The Morgan fingerprint density at radius 1 is 1.39 bits per heavy atom. The van der Waals surface area contributed by atoms with Crippen molar-refractivity contribution in [1.82, 2.24) is 5.32 Å². The molecule has 1 aromatic rings. The van der Waals surface area contributed by atoms with Crippen LogP contribution >= 0.6 is 15.9 Å². The summed E-state index contributed by atoms with van der Waals surface area (Å²) in [5.41, 5.74) is 1.15. The van der Waals surface area contributed by atoms with E-state index in [2.05, 4.69) is 35.1 Å². The minimum atomic E-state index is 0.136. The van der Waals surface area contributed by atoms with Crippen LogP contribution in [-0.4, -0.2) is 25.9 Å². The van der Waals surface area contributed by atoms with E-state index < -0.39 is 0 Å². The molecular weight excluding hydrogens is 294 g/mol. The molecule has 0 bridgehead atoms. The topological polar surface area (TPSA) is 41.5 Å². The third-order valence-corrected chi connectivity index (χ3v) is 3.96. The first kappa shape index (κ1) is 15.5. The van der Waals surface area contributed by atoms with Crippen LogP contribution in [0.3, 0.4) is 0 Å². The van der Waals surface area contributed by atoms with Gasteiger partial charge in [0.15, 0.2) is 0 Å². The number of aliphatic hydroxyl groups excluding tert-OH is 1. The summed E-state index contributed by atoms with van der Waals surface area (Å²) in [7, 11) is 3.58. The largest absolute Gasteiger partial charge is 0.496 e. The second kappa shape index (κ2) is 7.12. The molecule has 2 atom stereocenters. The van der Waals surface area contributed by atoms with Crippen molar-refractivity contribution in [1.29, 1.82) is 0 Å². The first-order chi connectivity index (χ1) is 8.54. The molecule has 0 fully saturated rings. The van der Waals surface area contributed by atoms with Crippen LogP contribution in [0.25, 0.3) is 0 Å². The summed E-state index contributed by atoms with van der Waals surface area (Å²) >= 11 is 3.50. The van der Waals surface area contributed by atoms with Gasteiger partial charge >= 0.3 is 0 Å². The number of benzene rings is 1. The number of nitrogens with one attached hydrogen (secondary N) is 1. The van der Waals surface area contributed by atoms with Crippen molar-refractivity contribution in [3.8, 4) is 5.75 Å². The van der Waals surface area contributed by atoms with Crippen LogP contribution in [0.15, 0.2) is 22.7 Å². The first-order valence-corrected chi connectivity index (χ1v) is 6.96. The van der Waals surface area contributed by atoms with E-state index in [-0.39, 0.29) is 18.6 Å². The van der Waals surface area contributed by atoms with Gasteiger partial charge in [-0.1, -0.05) is 19.9 Å². The Morgan fingerprint density at radius 3 is 2.44 bits per heavy atom. The molecule has 3 nitrogen and oxygen atoms in total. The van der Waals surface area contributed by atoms with Gasteiger partial charge in [-0.2, -0.15) is 0 Å². The highest BCUT2D eigenvalue weighted by molar-refractivity contribution is 9.10. The van der Waals surface area contributed by atoms with Gasteiger partial charge < -0.3 is 15.2 Å². The lowest BCUT2D eigenvalue weighted by Crippen LogP contribution is -2.31. The molecule has 0 radical (unpaired) electrons. The second-order valence-corrected chi connectivity index (χ2v) is 5.61. The summed E-state index contributed by atoms with van der Waals surface area (Å²) in [5.74, 6) is 1.42. The monoisotopic (exact) mass is 315 g/mol. The number of hydrogen-bond donors (Lipinski definition) is 2. The Kier molecular flexibility index (Phi) is 6.12. The summed E-state index contributed by atoms with van der Waals surface area (Å²) in [6, 6.07) is 6.16. The van der Waals surface area contributed by atoms with E-state index in [0.717, 1.165) is 15.8 Å². The highest BCUT2D eigenvalue weighted by Crippen LogP contribution is 2.32. The summed E-state index contributed by atoms with van der Waals surface area (Å²) in [6.07, 6.45) is 0. The fourth-order valence-corrected chi connectivity index (χ4v) is 2.76. The van der Waals surface area contributed by atoms with Crippen molar-refractivity contribution in [3.05, 3.63) is 28.2 Å². The third kappa shape index (κ3) is 3.46. The van der Waals surface area contributed by atoms with Crippen LogP contribution in [0.2, 0.25) is 0 Å². The van der Waals surface area contributed by atoms with Crippen LogP contribution in [0, 0.1) is 11.8 Å². The van der Waals surface area contributed by atoms with E-state index >= 15 is 0 Å². The second-order valence-electron chi connectivity index (χ2n) is 4.75. The molecule has 2 N–H and O–H groups in total. The predicted octanol–water partition coefficient (Wildman–Crippen LogP) is 2.98. The Labute approximate surface area is 118 Å². The number of aliphatic hydroxyl groups is 1. The summed E-state index contributed by atoms with van der Waals surface area (Å²) in [4.78, 5) is 0. The molecule has 18 heavy (non-hydrogen) atoms. The van der Waals surface area contributed by atoms with E-state index in [1.54, 1.807) is 7.11 Å². The molecule has 0 heterocycles. The SMILES string of the molecule is CNC(c1ccc(OC)c(Br)c1)C(CO)C(C)C. The zero-order chi connectivity index (χ0) is 13.7. The first-order valence-electron chi connectivity index (χ1n) is 6.16. The van der Waals surface area contributed by atoms with E-state index in [9.17, 15) is 5.11 Å². The fourth-order valence-electron chi connectivity index (χ4n) is 2.21. The number of halogens is 1. The lowest BCUT2D eigenvalue weighted by molar-refractivity contribution is 0.154. The molecule has 0 saturated heterocycles. The average Bonchev–Trinajstić information content (AvgIpc) is 2.35. The summed E-state index contributed by atoms with van der Waals surface area (Å²) < 4.78 is 6.16. The van der Waals surface area contributed by atoms with Crippen LogP contribution in [0.4, 0.5) is 0 Å². The van der Waals surface area contributed by atoms with Gasteiger partial charge in [0.1, 0.15) is 5.75 Å². The van der Waals surface area contributed by atoms with E-state index in [1.165, 1.54) is 0 Å². The number of methoxy groups -OCH3 is 1. The molecule has 0 saturated carbocycles. The summed E-state index contributed by atoms with van der Waals surface area (Å²) in [6.45, 7) is 4.43. The molecule has 1 aromatic carbocycles. The van der Waals surface area contributed by atoms with Gasteiger partial charge in [0.25, 0.3) is 0 Å². The highest BCUT2D eigenvalue weighted by atomic mass is 79.9. The van der Waals surface area contributed by atoms with Gasteiger partial charge in [-0.25, -0.2) is 0 Å². The van der Waals surface area contributed by atoms with Gasteiger partial charge in [-0.3, -0.25) is 0 Å². The van der Waals surface area contributed by atoms with E-state index in [0.29, 0.717) is 5.92 Å². The van der Waals surface area contributed by atoms with Crippen molar-refractivity contribution in [2.75, 3.05) is 20.8 Å². The van der Waals surface area contributed by atoms with E-state index in [1.807, 2.05) is 25.2 Å². The molecule has 1 rings (SSSR count). The standard InChI is InChI=1S/C14H22BrNO2/c1-9(2)11(8-17)14(16-3)10-5-6-13(18-4)12(15)7-10/h5-7,9,11,14,16-17H,8H2,1-4H3. The van der Waals surface area contributed by atoms with Crippen molar-refractivity contribution in [2.24, 2.45) is 11.8 Å². The maximum atomic E-state index is 9.55.